The van der Waals surface area contributed by atoms with Crippen molar-refractivity contribution in [3.63, 3.8) is 0 Å². The topological polar surface area (TPSA) is 123 Å². The summed E-state index contributed by atoms with van der Waals surface area (Å²) in [5.41, 5.74) is 2.70. The third-order valence-electron chi connectivity index (χ3n) is 6.27. The molecule has 1 saturated heterocycles. The molecule has 0 aliphatic carbocycles. The standard InChI is InChI=1S/C25H26FN5O5S2/c26-19-5-1-17(2-6-19)13-27-23(32)14-31-24(21-15-37-16-22(21)29-31)28-25(33)18-3-7-20(8-4-18)38(34,35)30-9-11-36-12-10-30/h1-8H,9-16H2,(H,27,32)(H,28,33). The smallest absolute Gasteiger partial charge is 0.256 e. The first-order valence-corrected chi connectivity index (χ1v) is 14.6. The van der Waals surface area contributed by atoms with E-state index in [1.165, 1.54) is 45.4 Å². The number of halogens is 1. The molecule has 0 unspecified atom stereocenters. The van der Waals surface area contributed by atoms with E-state index < -0.39 is 15.9 Å². The fraction of sp³-hybridized carbons (Fsp3) is 0.320. The van der Waals surface area contributed by atoms with E-state index in [2.05, 4.69) is 15.7 Å². The quantitative estimate of drug-likeness (QED) is 0.435. The third-order valence-corrected chi connectivity index (χ3v) is 9.15. The highest BCUT2D eigenvalue weighted by molar-refractivity contribution is 7.98. The van der Waals surface area contributed by atoms with Gasteiger partial charge in [0.2, 0.25) is 15.9 Å². The van der Waals surface area contributed by atoms with Gasteiger partial charge in [0.1, 0.15) is 18.2 Å². The van der Waals surface area contributed by atoms with Gasteiger partial charge in [-0.2, -0.15) is 21.2 Å². The number of nitrogens with one attached hydrogen (secondary N) is 2. The Morgan fingerprint density at radius 2 is 1.74 bits per heavy atom. The van der Waals surface area contributed by atoms with Crippen LogP contribution in [0.1, 0.15) is 27.2 Å². The summed E-state index contributed by atoms with van der Waals surface area (Å²) in [7, 11) is -3.67. The summed E-state index contributed by atoms with van der Waals surface area (Å²) in [6.07, 6.45) is 0. The zero-order chi connectivity index (χ0) is 26.7. The maximum atomic E-state index is 13.1. The van der Waals surface area contributed by atoms with Crippen LogP contribution in [-0.4, -0.2) is 60.6 Å². The summed E-state index contributed by atoms with van der Waals surface area (Å²) in [6, 6.07) is 11.6. The van der Waals surface area contributed by atoms with Crippen LogP contribution in [0.5, 0.6) is 0 Å². The molecule has 0 bridgehead atoms. The second kappa shape index (κ2) is 11.2. The molecule has 3 aromatic rings. The third kappa shape index (κ3) is 5.75. The van der Waals surface area contributed by atoms with Crippen molar-refractivity contribution in [3.05, 3.63) is 76.7 Å². The Hall–Kier alpha value is -3.26. The lowest BCUT2D eigenvalue weighted by Crippen LogP contribution is -2.40. The first-order valence-electron chi connectivity index (χ1n) is 12.0. The fourth-order valence-electron chi connectivity index (χ4n) is 4.21. The molecule has 0 saturated carbocycles. The van der Waals surface area contributed by atoms with Gasteiger partial charge in [-0.25, -0.2) is 17.5 Å². The first kappa shape index (κ1) is 26.4. The van der Waals surface area contributed by atoms with E-state index in [-0.39, 0.29) is 48.4 Å². The van der Waals surface area contributed by atoms with Crippen molar-refractivity contribution in [2.45, 2.75) is 29.5 Å². The second-order valence-corrected chi connectivity index (χ2v) is 11.7. The zero-order valence-electron chi connectivity index (χ0n) is 20.4. The average Bonchev–Trinajstić information content (AvgIpc) is 3.51. The van der Waals surface area contributed by atoms with E-state index in [4.69, 9.17) is 4.74 Å². The number of benzene rings is 2. The Balaban J connectivity index is 1.27. The van der Waals surface area contributed by atoms with E-state index in [0.717, 1.165) is 16.8 Å². The number of hydrogen-bond acceptors (Lipinski definition) is 7. The maximum absolute atomic E-state index is 13.1. The van der Waals surface area contributed by atoms with Gasteiger partial charge in [-0.1, -0.05) is 12.1 Å². The van der Waals surface area contributed by atoms with Crippen molar-refractivity contribution in [2.75, 3.05) is 31.6 Å². The molecule has 3 heterocycles. The lowest BCUT2D eigenvalue weighted by atomic mass is 10.2. The van der Waals surface area contributed by atoms with E-state index in [0.29, 0.717) is 30.5 Å². The Morgan fingerprint density at radius 3 is 2.45 bits per heavy atom. The monoisotopic (exact) mass is 559 g/mol. The average molecular weight is 560 g/mol. The number of fused-ring (bicyclic) bond motifs is 1. The Labute approximate surface area is 223 Å². The lowest BCUT2D eigenvalue weighted by Gasteiger charge is -2.26. The minimum absolute atomic E-state index is 0.106. The molecule has 2 aromatic carbocycles. The molecule has 0 atom stereocenters. The molecule has 10 nitrogen and oxygen atoms in total. The number of anilines is 1. The SMILES string of the molecule is O=C(Cn1nc2c(c1NC(=O)c1ccc(S(=O)(=O)N3CCOCC3)cc1)CSC2)NCc1ccc(F)cc1. The highest BCUT2D eigenvalue weighted by Crippen LogP contribution is 2.35. The minimum atomic E-state index is -3.67. The molecule has 38 heavy (non-hydrogen) atoms. The van der Waals surface area contributed by atoms with Crippen LogP contribution in [0, 0.1) is 5.82 Å². The van der Waals surface area contributed by atoms with Gasteiger partial charge in [-0.05, 0) is 42.0 Å². The van der Waals surface area contributed by atoms with E-state index >= 15 is 0 Å². The van der Waals surface area contributed by atoms with E-state index in [1.54, 1.807) is 23.9 Å². The highest BCUT2D eigenvalue weighted by atomic mass is 32.2. The van der Waals surface area contributed by atoms with Crippen LogP contribution in [0.3, 0.4) is 0 Å². The Morgan fingerprint density at radius 1 is 1.03 bits per heavy atom. The van der Waals surface area contributed by atoms with E-state index in [9.17, 15) is 22.4 Å². The number of aromatic nitrogens is 2. The molecule has 5 rings (SSSR count). The van der Waals surface area contributed by atoms with Gasteiger partial charge < -0.3 is 15.4 Å². The van der Waals surface area contributed by atoms with Gasteiger partial charge in [0.25, 0.3) is 5.91 Å². The minimum Gasteiger partial charge on any atom is -0.379 e. The normalized spacial score (nSPS) is 15.7. The van der Waals surface area contributed by atoms with Gasteiger partial charge in [0.15, 0.2) is 0 Å². The van der Waals surface area contributed by atoms with Crippen molar-refractivity contribution < 1.29 is 27.1 Å². The predicted octanol–water partition coefficient (Wildman–Crippen LogP) is 2.36. The molecule has 2 aliphatic heterocycles. The number of sulfonamides is 1. The number of carbonyl (C=O) groups is 2. The van der Waals surface area contributed by atoms with Crippen LogP contribution < -0.4 is 10.6 Å². The van der Waals surface area contributed by atoms with Crippen molar-refractivity contribution in [1.82, 2.24) is 19.4 Å². The lowest BCUT2D eigenvalue weighted by molar-refractivity contribution is -0.122. The van der Waals surface area contributed by atoms with Crippen LogP contribution in [-0.2, 0) is 44.1 Å². The largest absolute Gasteiger partial charge is 0.379 e. The highest BCUT2D eigenvalue weighted by Gasteiger charge is 2.28. The van der Waals surface area contributed by atoms with Crippen molar-refractivity contribution in [3.8, 4) is 0 Å². The molecular formula is C25H26FN5O5S2. The van der Waals surface area contributed by atoms with Crippen LogP contribution in [0.4, 0.5) is 10.2 Å². The first-order chi connectivity index (χ1) is 18.3. The molecule has 13 heteroatoms. The van der Waals surface area contributed by atoms with Crippen molar-refractivity contribution >= 4 is 39.4 Å². The number of nitrogens with zero attached hydrogens (tertiary/aromatic N) is 3. The molecule has 0 spiro atoms. The summed E-state index contributed by atoms with van der Waals surface area (Å²) >= 11 is 1.66. The van der Waals surface area contributed by atoms with Crippen LogP contribution in [0.25, 0.3) is 0 Å². The van der Waals surface area contributed by atoms with Gasteiger partial charge in [-0.15, -0.1) is 0 Å². The molecule has 1 aromatic heterocycles. The Bertz CT molecular complexity index is 1440. The Kier molecular flexibility index (Phi) is 7.79. The van der Waals surface area contributed by atoms with Gasteiger partial charge in [0, 0.05) is 42.3 Å². The number of rotatable bonds is 8. The fourth-order valence-corrected chi connectivity index (χ4v) is 6.65. The molecular weight excluding hydrogens is 533 g/mol. The number of amides is 2. The summed E-state index contributed by atoms with van der Waals surface area (Å²) in [5.74, 6) is 0.675. The van der Waals surface area contributed by atoms with Crippen molar-refractivity contribution in [2.24, 2.45) is 0 Å². The van der Waals surface area contributed by atoms with Gasteiger partial charge in [0.05, 0.1) is 23.8 Å². The molecule has 2 N–H and O–H groups in total. The number of carbonyl (C=O) groups excluding carboxylic acids is 2. The molecule has 200 valence electrons. The number of thioether (sulfide) groups is 1. The molecule has 2 aliphatic rings. The second-order valence-electron chi connectivity index (χ2n) is 8.82. The van der Waals surface area contributed by atoms with Crippen LogP contribution in [0.2, 0.25) is 0 Å². The summed E-state index contributed by atoms with van der Waals surface area (Å²) in [5, 5.41) is 10.2. The molecule has 0 radical (unpaired) electrons. The van der Waals surface area contributed by atoms with Gasteiger partial charge in [-0.3, -0.25) is 9.59 Å². The number of morpholine rings is 1. The maximum Gasteiger partial charge on any atom is 0.256 e. The summed E-state index contributed by atoms with van der Waals surface area (Å²) < 4.78 is 46.9. The zero-order valence-corrected chi connectivity index (χ0v) is 22.0. The summed E-state index contributed by atoms with van der Waals surface area (Å²) in [6.45, 7) is 1.40. The number of hydrogen-bond donors (Lipinski definition) is 2. The number of ether oxygens (including phenoxy) is 1. The van der Waals surface area contributed by atoms with Crippen molar-refractivity contribution in [1.29, 1.82) is 0 Å². The summed E-state index contributed by atoms with van der Waals surface area (Å²) in [4.78, 5) is 25.8. The molecule has 1 fully saturated rings. The van der Waals surface area contributed by atoms with Crippen LogP contribution in [0.15, 0.2) is 53.4 Å². The van der Waals surface area contributed by atoms with E-state index in [1.807, 2.05) is 0 Å². The molecule has 2 amide bonds. The van der Waals surface area contributed by atoms with Gasteiger partial charge >= 0.3 is 0 Å². The van der Waals surface area contributed by atoms with Crippen LogP contribution >= 0.6 is 11.8 Å². The predicted molar refractivity (Wildman–Crippen MR) is 139 cm³/mol.